The van der Waals surface area contributed by atoms with Crippen molar-refractivity contribution in [3.63, 3.8) is 0 Å². The predicted octanol–water partition coefficient (Wildman–Crippen LogP) is 1.81. The second-order valence-corrected chi connectivity index (χ2v) is 4.68. The van der Waals surface area contributed by atoms with Crippen LogP contribution in [0.1, 0.15) is 19.3 Å². The van der Waals surface area contributed by atoms with E-state index in [1.165, 1.54) is 0 Å². The molecule has 5 nitrogen and oxygen atoms in total. The van der Waals surface area contributed by atoms with Crippen molar-refractivity contribution in [1.29, 1.82) is 0 Å². The van der Waals surface area contributed by atoms with Crippen molar-refractivity contribution in [3.8, 4) is 0 Å². The molecule has 0 aliphatic carbocycles. The van der Waals surface area contributed by atoms with Gasteiger partial charge in [0.05, 0.1) is 5.52 Å². The fraction of sp³-hybridized carbons (Fsp3) is 0.429. The Morgan fingerprint density at radius 1 is 1.21 bits per heavy atom. The third-order valence-electron chi connectivity index (χ3n) is 3.15. The van der Waals surface area contributed by atoms with Crippen molar-refractivity contribution in [2.24, 2.45) is 0 Å². The highest BCUT2D eigenvalue weighted by molar-refractivity contribution is 5.91. The van der Waals surface area contributed by atoms with Gasteiger partial charge in [0, 0.05) is 31.3 Å². The highest BCUT2D eigenvalue weighted by Gasteiger charge is 2.08. The molecule has 0 saturated carbocycles. The van der Waals surface area contributed by atoms with Gasteiger partial charge in [-0.15, -0.1) is 0 Å². The summed E-state index contributed by atoms with van der Waals surface area (Å²) >= 11 is 0. The van der Waals surface area contributed by atoms with Gasteiger partial charge in [-0.05, 0) is 37.5 Å². The van der Waals surface area contributed by atoms with Gasteiger partial charge in [-0.1, -0.05) is 0 Å². The molecular formula is C14H20N4O. The molecule has 2 rings (SSSR count). The number of aromatic nitrogens is 2. The molecule has 0 atom stereocenters. The largest absolute Gasteiger partial charge is 0.399 e. The molecule has 0 aliphatic rings. The molecule has 102 valence electrons. The number of hydrogen-bond donors (Lipinski definition) is 2. The first kappa shape index (κ1) is 13.5. The highest BCUT2D eigenvalue weighted by Crippen LogP contribution is 2.24. The fourth-order valence-electron chi connectivity index (χ4n) is 2.11. The molecule has 1 aromatic carbocycles. The van der Waals surface area contributed by atoms with E-state index in [9.17, 15) is 0 Å². The molecule has 0 spiro atoms. The molecule has 0 bridgehead atoms. The van der Waals surface area contributed by atoms with E-state index in [2.05, 4.69) is 14.9 Å². The van der Waals surface area contributed by atoms with E-state index in [1.807, 2.05) is 25.2 Å². The summed E-state index contributed by atoms with van der Waals surface area (Å²) in [6.07, 6.45) is 4.49. The third-order valence-corrected chi connectivity index (χ3v) is 3.15. The summed E-state index contributed by atoms with van der Waals surface area (Å²) < 4.78 is 0. The number of unbranched alkanes of at least 4 members (excludes halogenated alkanes) is 2. The van der Waals surface area contributed by atoms with Crippen LogP contribution in [0.25, 0.3) is 10.9 Å². The van der Waals surface area contributed by atoms with Gasteiger partial charge in [0.2, 0.25) is 0 Å². The molecule has 1 aromatic heterocycles. The smallest absolute Gasteiger partial charge is 0.139 e. The Kier molecular flexibility index (Phi) is 4.52. The fourth-order valence-corrected chi connectivity index (χ4v) is 2.11. The minimum atomic E-state index is 0.261. The number of aliphatic hydroxyl groups excluding tert-OH is 1. The van der Waals surface area contributed by atoms with Gasteiger partial charge in [0.15, 0.2) is 0 Å². The Labute approximate surface area is 113 Å². The minimum Gasteiger partial charge on any atom is -0.399 e. The average Bonchev–Trinajstić information content (AvgIpc) is 2.42. The van der Waals surface area contributed by atoms with E-state index < -0.39 is 0 Å². The number of rotatable bonds is 6. The first-order chi connectivity index (χ1) is 9.22. The van der Waals surface area contributed by atoms with Gasteiger partial charge in [-0.2, -0.15) is 0 Å². The van der Waals surface area contributed by atoms with Crippen molar-refractivity contribution < 1.29 is 5.11 Å². The molecule has 0 unspecified atom stereocenters. The number of aliphatic hydroxyl groups is 1. The molecule has 0 aliphatic heterocycles. The van der Waals surface area contributed by atoms with Gasteiger partial charge in [0.1, 0.15) is 12.1 Å². The standard InChI is InChI=1S/C14H20N4O/c1-18(7-3-2-4-8-19)14-12-9-11(15)5-6-13(12)16-10-17-14/h5-6,9-10,19H,2-4,7-8,15H2,1H3. The quantitative estimate of drug-likeness (QED) is 0.612. The van der Waals surface area contributed by atoms with Gasteiger partial charge < -0.3 is 15.7 Å². The lowest BCUT2D eigenvalue weighted by Crippen LogP contribution is -2.20. The normalized spacial score (nSPS) is 10.8. The second kappa shape index (κ2) is 6.33. The lowest BCUT2D eigenvalue weighted by atomic mass is 10.2. The van der Waals surface area contributed by atoms with E-state index >= 15 is 0 Å². The molecule has 0 fully saturated rings. The summed E-state index contributed by atoms with van der Waals surface area (Å²) in [5.74, 6) is 0.904. The maximum Gasteiger partial charge on any atom is 0.139 e. The van der Waals surface area contributed by atoms with E-state index in [0.29, 0.717) is 0 Å². The van der Waals surface area contributed by atoms with Crippen molar-refractivity contribution in [2.75, 3.05) is 30.8 Å². The van der Waals surface area contributed by atoms with Crippen molar-refractivity contribution in [3.05, 3.63) is 24.5 Å². The average molecular weight is 260 g/mol. The van der Waals surface area contributed by atoms with E-state index in [1.54, 1.807) is 6.33 Å². The van der Waals surface area contributed by atoms with Crippen molar-refractivity contribution >= 4 is 22.4 Å². The van der Waals surface area contributed by atoms with Crippen LogP contribution in [0.5, 0.6) is 0 Å². The number of nitrogen functional groups attached to an aromatic ring is 1. The van der Waals surface area contributed by atoms with Crippen LogP contribution < -0.4 is 10.6 Å². The Balaban J connectivity index is 2.16. The second-order valence-electron chi connectivity index (χ2n) is 4.68. The lowest BCUT2D eigenvalue weighted by molar-refractivity contribution is 0.283. The lowest BCUT2D eigenvalue weighted by Gasteiger charge is -2.19. The summed E-state index contributed by atoms with van der Waals surface area (Å²) in [4.78, 5) is 10.7. The molecule has 1 heterocycles. The van der Waals surface area contributed by atoms with Gasteiger partial charge in [-0.25, -0.2) is 9.97 Å². The van der Waals surface area contributed by atoms with Crippen molar-refractivity contribution in [1.82, 2.24) is 9.97 Å². The molecule has 0 radical (unpaired) electrons. The number of nitrogens with zero attached hydrogens (tertiary/aromatic N) is 3. The topological polar surface area (TPSA) is 75.3 Å². The molecule has 0 amide bonds. The van der Waals surface area contributed by atoms with Crippen LogP contribution in [-0.2, 0) is 0 Å². The SMILES string of the molecule is CN(CCCCCO)c1ncnc2ccc(N)cc12. The summed E-state index contributed by atoms with van der Waals surface area (Å²) in [6, 6.07) is 5.67. The van der Waals surface area contributed by atoms with E-state index in [0.717, 1.165) is 48.2 Å². The monoisotopic (exact) mass is 260 g/mol. The van der Waals surface area contributed by atoms with Crippen LogP contribution >= 0.6 is 0 Å². The molecule has 5 heteroatoms. The number of benzene rings is 1. The predicted molar refractivity (Wildman–Crippen MR) is 78.2 cm³/mol. The Hall–Kier alpha value is -1.88. The minimum absolute atomic E-state index is 0.261. The Morgan fingerprint density at radius 3 is 2.84 bits per heavy atom. The van der Waals surface area contributed by atoms with Gasteiger partial charge in [0.25, 0.3) is 0 Å². The van der Waals surface area contributed by atoms with Crippen LogP contribution in [0.15, 0.2) is 24.5 Å². The number of nitrogens with two attached hydrogens (primary N) is 1. The summed E-state index contributed by atoms with van der Waals surface area (Å²) in [7, 11) is 2.02. The molecule has 2 aromatic rings. The third kappa shape index (κ3) is 3.32. The summed E-state index contributed by atoms with van der Waals surface area (Å²) in [6.45, 7) is 1.16. The maximum absolute atomic E-state index is 8.77. The Bertz CT molecular complexity index is 544. The zero-order chi connectivity index (χ0) is 13.7. The first-order valence-corrected chi connectivity index (χ1v) is 6.54. The molecule has 19 heavy (non-hydrogen) atoms. The van der Waals surface area contributed by atoms with Crippen LogP contribution in [0.2, 0.25) is 0 Å². The van der Waals surface area contributed by atoms with E-state index in [4.69, 9.17) is 10.8 Å². The number of anilines is 2. The van der Waals surface area contributed by atoms with Gasteiger partial charge in [-0.3, -0.25) is 0 Å². The number of fused-ring (bicyclic) bond motifs is 1. The zero-order valence-corrected chi connectivity index (χ0v) is 11.2. The Morgan fingerprint density at radius 2 is 2.05 bits per heavy atom. The van der Waals surface area contributed by atoms with Gasteiger partial charge >= 0.3 is 0 Å². The summed E-state index contributed by atoms with van der Waals surface area (Å²) in [5, 5.41) is 9.75. The molecule has 0 saturated heterocycles. The maximum atomic E-state index is 8.77. The number of hydrogen-bond acceptors (Lipinski definition) is 5. The first-order valence-electron chi connectivity index (χ1n) is 6.54. The summed E-state index contributed by atoms with van der Waals surface area (Å²) in [5.41, 5.74) is 7.45. The van der Waals surface area contributed by atoms with Crippen molar-refractivity contribution in [2.45, 2.75) is 19.3 Å². The van der Waals surface area contributed by atoms with E-state index in [-0.39, 0.29) is 6.61 Å². The molecule has 3 N–H and O–H groups in total. The van der Waals surface area contributed by atoms with Crippen LogP contribution in [0.3, 0.4) is 0 Å². The van der Waals surface area contributed by atoms with Crippen LogP contribution in [0, 0.1) is 0 Å². The van der Waals surface area contributed by atoms with Crippen LogP contribution in [0.4, 0.5) is 11.5 Å². The van der Waals surface area contributed by atoms with Crippen LogP contribution in [-0.4, -0.2) is 35.3 Å². The highest BCUT2D eigenvalue weighted by atomic mass is 16.2. The zero-order valence-electron chi connectivity index (χ0n) is 11.2. The molecular weight excluding hydrogens is 240 g/mol.